The molecule has 2 heteroatoms. The molecule has 0 spiro atoms. The van der Waals surface area contributed by atoms with E-state index in [0.717, 1.165) is 12.8 Å². The van der Waals surface area contributed by atoms with Crippen molar-refractivity contribution in [3.8, 4) is 0 Å². The second-order valence-electron chi connectivity index (χ2n) is 6.48. The summed E-state index contributed by atoms with van der Waals surface area (Å²) in [6, 6.07) is 22.3. The van der Waals surface area contributed by atoms with Crippen LogP contribution in [-0.2, 0) is 12.8 Å². The minimum absolute atomic E-state index is 1.08. The van der Waals surface area contributed by atoms with E-state index in [1.165, 1.54) is 42.7 Å². The summed E-state index contributed by atoms with van der Waals surface area (Å²) >= 11 is 1.93. The molecular weight excluding hydrogens is 322 g/mol. The molecule has 0 aliphatic rings. The maximum absolute atomic E-state index is 2.31. The number of rotatable bonds is 4. The van der Waals surface area contributed by atoms with Crippen molar-refractivity contribution in [3.63, 3.8) is 0 Å². The largest absolute Gasteiger partial charge is 0.343 e. The van der Waals surface area contributed by atoms with Crippen molar-refractivity contribution >= 4 is 42.9 Å². The number of fused-ring (bicyclic) bond motifs is 3. The van der Waals surface area contributed by atoms with E-state index >= 15 is 0 Å². The third kappa shape index (κ3) is 2.71. The number of nitrogens with zero attached hydrogens (tertiary/aromatic N) is 1. The summed E-state index contributed by atoms with van der Waals surface area (Å²) in [5.41, 5.74) is 5.34. The molecule has 0 fully saturated rings. The summed E-state index contributed by atoms with van der Waals surface area (Å²) in [7, 11) is 2.17. The number of anilines is 2. The molecule has 0 unspecified atom stereocenters. The average Bonchev–Trinajstić information content (AvgIpc) is 3.06. The van der Waals surface area contributed by atoms with Gasteiger partial charge in [0.25, 0.3) is 0 Å². The first-order valence-electron chi connectivity index (χ1n) is 8.98. The molecule has 0 bridgehead atoms. The van der Waals surface area contributed by atoms with Crippen LogP contribution in [0, 0.1) is 0 Å². The molecule has 0 atom stereocenters. The monoisotopic (exact) mass is 345 g/mol. The molecule has 0 aliphatic heterocycles. The Morgan fingerprint density at radius 1 is 0.760 bits per heavy atom. The van der Waals surface area contributed by atoms with Crippen LogP contribution in [0.15, 0.2) is 60.7 Å². The van der Waals surface area contributed by atoms with Crippen molar-refractivity contribution in [3.05, 3.63) is 71.8 Å². The molecule has 0 saturated carbocycles. The van der Waals surface area contributed by atoms with Gasteiger partial charge in [-0.3, -0.25) is 0 Å². The van der Waals surface area contributed by atoms with Crippen LogP contribution in [0.5, 0.6) is 0 Å². The highest BCUT2D eigenvalue weighted by atomic mass is 32.1. The van der Waals surface area contributed by atoms with E-state index in [0.29, 0.717) is 0 Å². The van der Waals surface area contributed by atoms with Crippen molar-refractivity contribution in [2.45, 2.75) is 26.7 Å². The zero-order valence-electron chi connectivity index (χ0n) is 15.0. The Kier molecular flexibility index (Phi) is 4.22. The second-order valence-corrected chi connectivity index (χ2v) is 7.50. The predicted molar refractivity (Wildman–Crippen MR) is 113 cm³/mol. The molecule has 1 heterocycles. The van der Waals surface area contributed by atoms with Crippen LogP contribution in [0.2, 0.25) is 0 Å². The molecule has 0 aliphatic carbocycles. The Balaban J connectivity index is 1.89. The smallest absolute Gasteiger partial charge is 0.0592 e. The van der Waals surface area contributed by atoms with Crippen LogP contribution in [0.4, 0.5) is 11.4 Å². The lowest BCUT2D eigenvalue weighted by Gasteiger charge is -2.20. The highest BCUT2D eigenvalue weighted by molar-refractivity contribution is 7.26. The summed E-state index contributed by atoms with van der Waals surface area (Å²) in [4.78, 5) is 2.31. The first-order chi connectivity index (χ1) is 12.2. The van der Waals surface area contributed by atoms with E-state index in [1.54, 1.807) is 0 Å². The third-order valence-electron chi connectivity index (χ3n) is 5.06. The van der Waals surface area contributed by atoms with Gasteiger partial charge in [0.05, 0.1) is 10.4 Å². The quantitative estimate of drug-likeness (QED) is 0.387. The lowest BCUT2D eigenvalue weighted by atomic mass is 10.1. The molecule has 0 radical (unpaired) electrons. The Hall–Kier alpha value is -2.32. The first kappa shape index (κ1) is 16.2. The molecule has 4 rings (SSSR count). The summed E-state index contributed by atoms with van der Waals surface area (Å²) in [6.45, 7) is 4.43. The second kappa shape index (κ2) is 6.53. The number of hydrogen-bond donors (Lipinski definition) is 0. The minimum atomic E-state index is 1.08. The van der Waals surface area contributed by atoms with Gasteiger partial charge in [0.15, 0.2) is 0 Å². The van der Waals surface area contributed by atoms with E-state index in [-0.39, 0.29) is 0 Å². The fraction of sp³-hybridized carbons (Fsp3) is 0.217. The fourth-order valence-electron chi connectivity index (χ4n) is 3.50. The highest BCUT2D eigenvalue weighted by Gasteiger charge is 2.14. The lowest BCUT2D eigenvalue weighted by molar-refractivity contribution is 1.13. The molecule has 1 nitrogen and oxygen atoms in total. The van der Waals surface area contributed by atoms with E-state index < -0.39 is 0 Å². The van der Waals surface area contributed by atoms with Crippen LogP contribution >= 0.6 is 11.3 Å². The van der Waals surface area contributed by atoms with Crippen LogP contribution in [0.25, 0.3) is 20.2 Å². The highest BCUT2D eigenvalue weighted by Crippen LogP contribution is 2.42. The van der Waals surface area contributed by atoms with E-state index in [1.807, 2.05) is 11.3 Å². The maximum atomic E-state index is 2.31. The Bertz CT molecular complexity index is 1030. The number of hydrogen-bond acceptors (Lipinski definition) is 2. The van der Waals surface area contributed by atoms with Gasteiger partial charge < -0.3 is 4.90 Å². The Labute approximate surface area is 153 Å². The van der Waals surface area contributed by atoms with Crippen molar-refractivity contribution in [1.82, 2.24) is 0 Å². The summed E-state index contributed by atoms with van der Waals surface area (Å²) in [5, 5.41) is 2.75. The van der Waals surface area contributed by atoms with Crippen molar-refractivity contribution in [1.29, 1.82) is 0 Å². The molecule has 0 saturated heterocycles. The SMILES string of the molecule is CCc1ccc(N(C)c2cccc3c2sc2c(CC)cccc23)cc1. The zero-order chi connectivity index (χ0) is 17.4. The lowest BCUT2D eigenvalue weighted by Crippen LogP contribution is -2.09. The van der Waals surface area contributed by atoms with E-state index in [4.69, 9.17) is 0 Å². The number of thiophene rings is 1. The normalized spacial score (nSPS) is 11.3. The van der Waals surface area contributed by atoms with Crippen LogP contribution in [0.3, 0.4) is 0 Å². The van der Waals surface area contributed by atoms with Crippen LogP contribution in [-0.4, -0.2) is 7.05 Å². The van der Waals surface area contributed by atoms with Gasteiger partial charge in [-0.25, -0.2) is 0 Å². The van der Waals surface area contributed by atoms with E-state index in [2.05, 4.69) is 86.5 Å². The van der Waals surface area contributed by atoms with Gasteiger partial charge in [0.2, 0.25) is 0 Å². The molecule has 0 N–H and O–H groups in total. The minimum Gasteiger partial charge on any atom is -0.343 e. The van der Waals surface area contributed by atoms with Crippen molar-refractivity contribution in [2.24, 2.45) is 0 Å². The third-order valence-corrected chi connectivity index (χ3v) is 6.38. The molecule has 126 valence electrons. The summed E-state index contributed by atoms with van der Waals surface area (Å²) in [6.07, 6.45) is 2.16. The van der Waals surface area contributed by atoms with Gasteiger partial charge in [0.1, 0.15) is 0 Å². The summed E-state index contributed by atoms with van der Waals surface area (Å²) < 4.78 is 2.81. The van der Waals surface area contributed by atoms with Gasteiger partial charge in [-0.05, 0) is 42.2 Å². The molecular formula is C23H23NS. The maximum Gasteiger partial charge on any atom is 0.0592 e. The topological polar surface area (TPSA) is 3.24 Å². The average molecular weight is 346 g/mol. The predicted octanol–water partition coefficient (Wildman–Crippen LogP) is 6.95. The van der Waals surface area contributed by atoms with Gasteiger partial charge >= 0.3 is 0 Å². The molecule has 1 aromatic heterocycles. The number of aryl methyl sites for hydroxylation is 2. The molecule has 3 aromatic carbocycles. The van der Waals surface area contributed by atoms with Crippen molar-refractivity contribution < 1.29 is 0 Å². The molecule has 25 heavy (non-hydrogen) atoms. The molecule has 0 amide bonds. The van der Waals surface area contributed by atoms with Gasteiger partial charge in [0, 0.05) is 28.2 Å². The van der Waals surface area contributed by atoms with Gasteiger partial charge in [-0.2, -0.15) is 0 Å². The fourth-order valence-corrected chi connectivity index (χ4v) is 4.93. The zero-order valence-corrected chi connectivity index (χ0v) is 15.9. The van der Waals surface area contributed by atoms with Crippen LogP contribution < -0.4 is 4.90 Å². The van der Waals surface area contributed by atoms with Gasteiger partial charge in [-0.15, -0.1) is 11.3 Å². The standard InChI is InChI=1S/C23H23NS/c1-4-16-12-14-18(15-13-16)24(3)21-11-7-10-20-19-9-6-8-17(5-2)22(19)25-23(20)21/h6-15H,4-5H2,1-3H3. The van der Waals surface area contributed by atoms with E-state index in [9.17, 15) is 0 Å². The van der Waals surface area contributed by atoms with Gasteiger partial charge in [-0.1, -0.05) is 56.3 Å². The van der Waals surface area contributed by atoms with Crippen LogP contribution in [0.1, 0.15) is 25.0 Å². The first-order valence-corrected chi connectivity index (χ1v) is 9.80. The van der Waals surface area contributed by atoms with Crippen molar-refractivity contribution in [2.75, 3.05) is 11.9 Å². The molecule has 4 aromatic rings. The summed E-state index contributed by atoms with van der Waals surface area (Å²) in [5.74, 6) is 0. The number of benzene rings is 3. The Morgan fingerprint density at radius 2 is 1.44 bits per heavy atom. The Morgan fingerprint density at radius 3 is 2.12 bits per heavy atom.